The molecule has 0 radical (unpaired) electrons. The van der Waals surface area contributed by atoms with Crippen molar-refractivity contribution in [3.8, 4) is 12.3 Å². The SMILES string of the molecule is C#CCN1CCC(C(=O)NC2CCCCC2O)CC1. The van der Waals surface area contributed by atoms with E-state index < -0.39 is 0 Å². The molecule has 0 aromatic rings. The minimum atomic E-state index is -0.362. The summed E-state index contributed by atoms with van der Waals surface area (Å²) in [6.07, 6.45) is 10.6. The smallest absolute Gasteiger partial charge is 0.223 e. The molecule has 1 heterocycles. The molecule has 106 valence electrons. The Balaban J connectivity index is 1.76. The summed E-state index contributed by atoms with van der Waals surface area (Å²) in [6, 6.07) is -0.0370. The number of carbonyl (C=O) groups is 1. The molecule has 1 aliphatic heterocycles. The number of carbonyl (C=O) groups excluding carboxylic acids is 1. The second-order valence-corrected chi connectivity index (χ2v) is 5.72. The first kappa shape index (κ1) is 14.4. The summed E-state index contributed by atoms with van der Waals surface area (Å²) in [5.41, 5.74) is 0. The molecule has 1 amide bonds. The van der Waals surface area contributed by atoms with Gasteiger partial charge in [0.1, 0.15) is 0 Å². The molecule has 0 aromatic heterocycles. The molecule has 0 aromatic carbocycles. The molecule has 1 aliphatic carbocycles. The van der Waals surface area contributed by atoms with Crippen LogP contribution >= 0.6 is 0 Å². The lowest BCUT2D eigenvalue weighted by Crippen LogP contribution is -2.49. The first-order chi connectivity index (χ1) is 9.20. The number of nitrogens with zero attached hydrogens (tertiary/aromatic N) is 1. The summed E-state index contributed by atoms with van der Waals surface area (Å²) in [5.74, 6) is 2.85. The van der Waals surface area contributed by atoms with Gasteiger partial charge in [-0.25, -0.2) is 0 Å². The predicted molar refractivity (Wildman–Crippen MR) is 74.4 cm³/mol. The third-order valence-electron chi connectivity index (χ3n) is 4.33. The van der Waals surface area contributed by atoms with Gasteiger partial charge in [-0.3, -0.25) is 9.69 Å². The molecule has 1 saturated heterocycles. The molecule has 2 fully saturated rings. The maximum absolute atomic E-state index is 12.2. The number of hydrogen-bond acceptors (Lipinski definition) is 3. The standard InChI is InChI=1S/C15H24N2O2/c1-2-9-17-10-7-12(8-11-17)15(19)16-13-5-3-4-6-14(13)18/h1,12-14,18H,3-11H2,(H,16,19). The fourth-order valence-corrected chi connectivity index (χ4v) is 3.06. The van der Waals surface area contributed by atoms with Crippen molar-refractivity contribution in [3.05, 3.63) is 0 Å². The largest absolute Gasteiger partial charge is 0.391 e. The Morgan fingerprint density at radius 2 is 1.95 bits per heavy atom. The monoisotopic (exact) mass is 264 g/mol. The van der Waals surface area contributed by atoms with E-state index in [2.05, 4.69) is 16.1 Å². The zero-order valence-electron chi connectivity index (χ0n) is 11.5. The van der Waals surface area contributed by atoms with Gasteiger partial charge in [-0.15, -0.1) is 6.42 Å². The summed E-state index contributed by atoms with van der Waals surface area (Å²) >= 11 is 0. The van der Waals surface area contributed by atoms with E-state index in [1.807, 2.05) is 0 Å². The molecule has 2 unspecified atom stereocenters. The number of likely N-dealkylation sites (tertiary alicyclic amines) is 1. The first-order valence-corrected chi connectivity index (χ1v) is 7.35. The fraction of sp³-hybridized carbons (Fsp3) is 0.800. The topological polar surface area (TPSA) is 52.6 Å². The van der Waals surface area contributed by atoms with Crippen molar-refractivity contribution in [3.63, 3.8) is 0 Å². The Kier molecular flexibility index (Phi) is 5.24. The Labute approximate surface area is 115 Å². The highest BCUT2D eigenvalue weighted by molar-refractivity contribution is 5.79. The van der Waals surface area contributed by atoms with Gasteiger partial charge in [0.2, 0.25) is 5.91 Å². The molecule has 19 heavy (non-hydrogen) atoms. The number of aliphatic hydroxyl groups excluding tert-OH is 1. The van der Waals surface area contributed by atoms with Crippen LogP contribution in [0, 0.1) is 18.3 Å². The lowest BCUT2D eigenvalue weighted by atomic mass is 9.90. The molecule has 2 aliphatic rings. The van der Waals surface area contributed by atoms with Crippen LogP contribution in [0.1, 0.15) is 38.5 Å². The third-order valence-corrected chi connectivity index (χ3v) is 4.33. The van der Waals surface area contributed by atoms with Crippen LogP contribution in [0.3, 0.4) is 0 Å². The third kappa shape index (κ3) is 3.95. The molecule has 0 spiro atoms. The van der Waals surface area contributed by atoms with Crippen LogP contribution in [-0.2, 0) is 4.79 Å². The van der Waals surface area contributed by atoms with Crippen molar-refractivity contribution < 1.29 is 9.90 Å². The number of amides is 1. The molecule has 2 atom stereocenters. The van der Waals surface area contributed by atoms with Crippen molar-refractivity contribution in [2.75, 3.05) is 19.6 Å². The van der Waals surface area contributed by atoms with Gasteiger partial charge in [-0.2, -0.15) is 0 Å². The van der Waals surface area contributed by atoms with Gasteiger partial charge in [0.25, 0.3) is 0 Å². The number of rotatable bonds is 3. The number of aliphatic hydroxyl groups is 1. The normalized spacial score (nSPS) is 29.7. The van der Waals surface area contributed by atoms with Crippen molar-refractivity contribution in [1.82, 2.24) is 10.2 Å². The van der Waals surface area contributed by atoms with Crippen molar-refractivity contribution >= 4 is 5.91 Å². The number of terminal acetylenes is 1. The van der Waals surface area contributed by atoms with Gasteiger partial charge < -0.3 is 10.4 Å². The second kappa shape index (κ2) is 6.93. The van der Waals surface area contributed by atoms with E-state index in [1.165, 1.54) is 0 Å². The molecule has 0 bridgehead atoms. The highest BCUT2D eigenvalue weighted by atomic mass is 16.3. The zero-order chi connectivity index (χ0) is 13.7. The van der Waals surface area contributed by atoms with Crippen LogP contribution in [0.25, 0.3) is 0 Å². The Morgan fingerprint density at radius 1 is 1.26 bits per heavy atom. The Bertz CT molecular complexity index is 343. The van der Waals surface area contributed by atoms with Crippen LogP contribution < -0.4 is 5.32 Å². The molecular weight excluding hydrogens is 240 g/mol. The quantitative estimate of drug-likeness (QED) is 0.740. The minimum Gasteiger partial charge on any atom is -0.391 e. The predicted octanol–water partition coefficient (Wildman–Crippen LogP) is 0.751. The molecule has 2 rings (SSSR count). The Morgan fingerprint density at radius 3 is 2.58 bits per heavy atom. The van der Waals surface area contributed by atoms with E-state index >= 15 is 0 Å². The minimum absolute atomic E-state index is 0.0370. The average Bonchev–Trinajstić information content (AvgIpc) is 2.42. The maximum atomic E-state index is 12.2. The fourth-order valence-electron chi connectivity index (χ4n) is 3.06. The summed E-state index contributed by atoms with van der Waals surface area (Å²) in [5, 5.41) is 12.9. The first-order valence-electron chi connectivity index (χ1n) is 7.35. The lowest BCUT2D eigenvalue weighted by molar-refractivity contribution is -0.128. The summed E-state index contributed by atoms with van der Waals surface area (Å²) < 4.78 is 0. The van der Waals surface area contributed by atoms with E-state index in [1.54, 1.807) is 0 Å². The van der Waals surface area contributed by atoms with Gasteiger partial charge in [0.15, 0.2) is 0 Å². The molecular formula is C15H24N2O2. The summed E-state index contributed by atoms with van der Waals surface area (Å²) in [4.78, 5) is 14.4. The van der Waals surface area contributed by atoms with Crippen molar-refractivity contribution in [2.24, 2.45) is 5.92 Å². The zero-order valence-corrected chi connectivity index (χ0v) is 11.5. The number of nitrogens with one attached hydrogen (secondary N) is 1. The molecule has 4 nitrogen and oxygen atoms in total. The van der Waals surface area contributed by atoms with Crippen molar-refractivity contribution in [2.45, 2.75) is 50.7 Å². The number of hydrogen-bond donors (Lipinski definition) is 2. The summed E-state index contributed by atoms with van der Waals surface area (Å²) in [6.45, 7) is 2.47. The second-order valence-electron chi connectivity index (χ2n) is 5.72. The van der Waals surface area contributed by atoms with Gasteiger partial charge >= 0.3 is 0 Å². The van der Waals surface area contributed by atoms with Gasteiger partial charge in [0.05, 0.1) is 18.7 Å². The van der Waals surface area contributed by atoms with Crippen LogP contribution in [0.2, 0.25) is 0 Å². The van der Waals surface area contributed by atoms with E-state index in [4.69, 9.17) is 6.42 Å². The molecule has 1 saturated carbocycles. The Hall–Kier alpha value is -1.05. The molecule has 2 N–H and O–H groups in total. The van der Waals surface area contributed by atoms with E-state index in [-0.39, 0.29) is 24.0 Å². The molecule has 4 heteroatoms. The van der Waals surface area contributed by atoms with Crippen LogP contribution in [-0.4, -0.2) is 47.7 Å². The summed E-state index contributed by atoms with van der Waals surface area (Å²) in [7, 11) is 0. The van der Waals surface area contributed by atoms with Crippen LogP contribution in [0.4, 0.5) is 0 Å². The highest BCUT2D eigenvalue weighted by Gasteiger charge is 2.29. The van der Waals surface area contributed by atoms with Gasteiger partial charge in [0, 0.05) is 5.92 Å². The highest BCUT2D eigenvalue weighted by Crippen LogP contribution is 2.21. The van der Waals surface area contributed by atoms with E-state index in [0.717, 1.165) is 51.6 Å². The number of piperidine rings is 1. The van der Waals surface area contributed by atoms with Gasteiger partial charge in [-0.1, -0.05) is 18.8 Å². The van der Waals surface area contributed by atoms with Crippen LogP contribution in [0.15, 0.2) is 0 Å². The van der Waals surface area contributed by atoms with Crippen molar-refractivity contribution in [1.29, 1.82) is 0 Å². The maximum Gasteiger partial charge on any atom is 0.223 e. The average molecular weight is 264 g/mol. The lowest BCUT2D eigenvalue weighted by Gasteiger charge is -2.33. The van der Waals surface area contributed by atoms with E-state index in [9.17, 15) is 9.90 Å². The van der Waals surface area contributed by atoms with Gasteiger partial charge in [-0.05, 0) is 38.8 Å². The van der Waals surface area contributed by atoms with E-state index in [0.29, 0.717) is 6.54 Å². The van der Waals surface area contributed by atoms with Crippen LogP contribution in [0.5, 0.6) is 0 Å².